The van der Waals surface area contributed by atoms with Crippen molar-refractivity contribution < 1.29 is 46.6 Å². The third kappa shape index (κ3) is 10.7. The van der Waals surface area contributed by atoms with Crippen LogP contribution in [0.1, 0.15) is 107 Å². The Kier molecular flexibility index (Phi) is 14.0. The quantitative estimate of drug-likeness (QED) is 0.0965. The summed E-state index contributed by atoms with van der Waals surface area (Å²) in [6.07, 6.45) is -0.323. The number of benzene rings is 2. The number of halogens is 3. The number of nitrogens with zero attached hydrogens (tertiary/aromatic N) is 1. The normalized spacial score (nSPS) is 11.9. The van der Waals surface area contributed by atoms with Gasteiger partial charge >= 0.3 is 18.0 Å². The van der Waals surface area contributed by atoms with Gasteiger partial charge in [0.1, 0.15) is 11.4 Å². The van der Waals surface area contributed by atoms with Crippen LogP contribution in [0.4, 0.5) is 18.0 Å². The third-order valence-electron chi connectivity index (χ3n) is 7.97. The molecule has 0 aliphatic carbocycles. The van der Waals surface area contributed by atoms with Crippen molar-refractivity contribution in [2.45, 2.75) is 79.5 Å². The summed E-state index contributed by atoms with van der Waals surface area (Å²) in [5.74, 6) is -5.03. The van der Waals surface area contributed by atoms with Crippen LogP contribution in [-0.2, 0) is 33.6 Å². The highest BCUT2D eigenvalue weighted by atomic mass is 32.1. The highest BCUT2D eigenvalue weighted by Crippen LogP contribution is 2.40. The highest BCUT2D eigenvalue weighted by molar-refractivity contribution is 7.17. The predicted octanol–water partition coefficient (Wildman–Crippen LogP) is 8.52. The van der Waals surface area contributed by atoms with E-state index in [0.717, 1.165) is 29.0 Å². The molecule has 10 nitrogen and oxygen atoms in total. The first-order valence-electron chi connectivity index (χ1n) is 17.5. The molecular weight excluding hydrogens is 724 g/mol. The molecule has 0 bridgehead atoms. The molecule has 0 fully saturated rings. The van der Waals surface area contributed by atoms with Gasteiger partial charge < -0.3 is 24.8 Å². The minimum Gasteiger partial charge on any atom is -0.462 e. The maximum Gasteiger partial charge on any atom is 0.408 e. The topological polar surface area (TPSA) is 133 Å². The van der Waals surface area contributed by atoms with Crippen LogP contribution in [0.25, 0.3) is 10.4 Å². The number of ether oxygens (including phenoxy) is 3. The number of hydrogen-bond donors (Lipinski definition) is 2. The van der Waals surface area contributed by atoms with E-state index in [1.165, 1.54) is 24.3 Å². The van der Waals surface area contributed by atoms with Gasteiger partial charge in [0.25, 0.3) is 5.91 Å². The minimum absolute atomic E-state index is 0.0109. The van der Waals surface area contributed by atoms with E-state index in [-0.39, 0.29) is 65.1 Å². The zero-order valence-corrected chi connectivity index (χ0v) is 32.0. The molecule has 2 aromatic heterocycles. The molecule has 14 heteroatoms. The van der Waals surface area contributed by atoms with Crippen LogP contribution in [0, 0.1) is 23.4 Å². The summed E-state index contributed by atoms with van der Waals surface area (Å²) >= 11 is 0.966. The number of alkyl carbamates (subject to hydrolysis) is 1. The summed E-state index contributed by atoms with van der Waals surface area (Å²) in [7, 11) is 0. The maximum absolute atomic E-state index is 14.1. The predicted molar refractivity (Wildman–Crippen MR) is 198 cm³/mol. The molecule has 2 N–H and O–H groups in total. The van der Waals surface area contributed by atoms with E-state index in [4.69, 9.17) is 19.2 Å². The molecule has 2 aromatic carbocycles. The second-order valence-corrected chi connectivity index (χ2v) is 14.7. The van der Waals surface area contributed by atoms with E-state index < -0.39 is 53.0 Å². The molecule has 0 aliphatic rings. The van der Waals surface area contributed by atoms with Gasteiger partial charge in [-0.05, 0) is 101 Å². The van der Waals surface area contributed by atoms with E-state index >= 15 is 0 Å². The lowest BCUT2D eigenvalue weighted by atomic mass is 9.89. The molecule has 0 saturated heterocycles. The highest BCUT2D eigenvalue weighted by Gasteiger charge is 2.36. The average molecular weight is 768 g/mol. The van der Waals surface area contributed by atoms with Gasteiger partial charge in [-0.3, -0.25) is 9.78 Å². The Hall–Kier alpha value is -5.24. The number of esters is 2. The van der Waals surface area contributed by atoms with Crippen molar-refractivity contribution in [3.05, 3.63) is 111 Å². The van der Waals surface area contributed by atoms with Crippen molar-refractivity contribution in [2.75, 3.05) is 13.2 Å². The minimum atomic E-state index is -1.05. The van der Waals surface area contributed by atoms with Crippen LogP contribution in [0.2, 0.25) is 0 Å². The SMILES string of the molecule is CCOC(=O)c1c(CCc2ccc(F)cc2)nc([C@@H](NC(=O)OC(C)(C)C)C(C)C)c(C(=O)OCC)c1-c1ccc(C(=O)NCc2ccc(F)c(F)c2)s1. The first kappa shape index (κ1) is 41.5. The fourth-order valence-corrected chi connectivity index (χ4v) is 6.53. The van der Waals surface area contributed by atoms with Gasteiger partial charge in [-0.1, -0.05) is 32.0 Å². The lowest BCUT2D eigenvalue weighted by molar-refractivity contribution is 0.0469. The molecular formula is C40H44F3N3O7S. The molecule has 54 heavy (non-hydrogen) atoms. The van der Waals surface area contributed by atoms with Crippen LogP contribution in [-0.4, -0.2) is 47.7 Å². The number of amides is 2. The number of nitrogens with one attached hydrogen (secondary N) is 2. The Labute approximate surface area is 316 Å². The Morgan fingerprint density at radius 1 is 0.815 bits per heavy atom. The first-order chi connectivity index (χ1) is 25.5. The van der Waals surface area contributed by atoms with Crippen molar-refractivity contribution >= 4 is 35.3 Å². The van der Waals surface area contributed by atoms with Crippen molar-refractivity contribution in [3.63, 3.8) is 0 Å². The number of thiophene rings is 1. The van der Waals surface area contributed by atoms with E-state index in [2.05, 4.69) is 10.6 Å². The summed E-state index contributed by atoms with van der Waals surface area (Å²) in [5, 5.41) is 5.53. The number of hydrogen-bond acceptors (Lipinski definition) is 9. The molecule has 4 rings (SSSR count). The Bertz CT molecular complexity index is 1990. The van der Waals surface area contributed by atoms with Gasteiger partial charge in [-0.25, -0.2) is 27.6 Å². The number of aryl methyl sites for hydroxylation is 2. The van der Waals surface area contributed by atoms with Gasteiger partial charge in [-0.2, -0.15) is 0 Å². The fraction of sp³-hybridized carbons (Fsp3) is 0.375. The molecule has 4 aromatic rings. The smallest absolute Gasteiger partial charge is 0.408 e. The van der Waals surface area contributed by atoms with E-state index in [1.807, 2.05) is 13.8 Å². The van der Waals surface area contributed by atoms with E-state index in [0.29, 0.717) is 16.9 Å². The van der Waals surface area contributed by atoms with E-state index in [1.54, 1.807) is 52.8 Å². The van der Waals surface area contributed by atoms with Crippen molar-refractivity contribution in [1.29, 1.82) is 0 Å². The van der Waals surface area contributed by atoms with Crippen LogP contribution >= 0.6 is 11.3 Å². The molecule has 0 radical (unpaired) electrons. The molecule has 1 atom stereocenters. The molecule has 2 heterocycles. The molecule has 0 saturated carbocycles. The average Bonchev–Trinajstić information content (AvgIpc) is 3.60. The summed E-state index contributed by atoms with van der Waals surface area (Å²) in [4.78, 5) is 60.0. The zero-order chi connectivity index (χ0) is 39.7. The summed E-state index contributed by atoms with van der Waals surface area (Å²) in [5.41, 5.74) is 0.490. The first-order valence-corrected chi connectivity index (χ1v) is 18.3. The number of pyridine rings is 1. The monoisotopic (exact) mass is 767 g/mol. The van der Waals surface area contributed by atoms with Crippen LogP contribution in [0.5, 0.6) is 0 Å². The fourth-order valence-electron chi connectivity index (χ4n) is 5.55. The largest absolute Gasteiger partial charge is 0.462 e. The summed E-state index contributed by atoms with van der Waals surface area (Å²) in [6.45, 7) is 11.9. The maximum atomic E-state index is 14.1. The zero-order valence-electron chi connectivity index (χ0n) is 31.2. The van der Waals surface area contributed by atoms with Crippen LogP contribution in [0.3, 0.4) is 0 Å². The van der Waals surface area contributed by atoms with Crippen molar-refractivity contribution in [3.8, 4) is 10.4 Å². The number of carbonyl (C=O) groups excluding carboxylic acids is 4. The standard InChI is InChI=1S/C40H44F3N3O7S/c1-8-51-37(48)31-28(17-13-23-10-14-25(41)15-11-23)45-35(34(22(3)4)46-39(50)53-40(5,6)7)33(38(49)52-9-2)32(31)29-18-19-30(54-29)36(47)44-21-24-12-16-26(42)27(43)20-24/h10-12,14-16,18-20,22,34H,8-9,13,17,21H2,1-7H3,(H,44,47)(H,46,50)/t34-/m0/s1. The number of aromatic nitrogens is 1. The summed E-state index contributed by atoms with van der Waals surface area (Å²) < 4.78 is 57.6. The van der Waals surface area contributed by atoms with Gasteiger partial charge in [-0.15, -0.1) is 11.3 Å². The Balaban J connectivity index is 1.95. The lowest BCUT2D eigenvalue weighted by Gasteiger charge is -2.28. The van der Waals surface area contributed by atoms with Crippen molar-refractivity contribution in [1.82, 2.24) is 15.6 Å². The second kappa shape index (κ2) is 18.2. The van der Waals surface area contributed by atoms with Crippen LogP contribution < -0.4 is 10.6 Å². The molecule has 288 valence electrons. The van der Waals surface area contributed by atoms with Gasteiger partial charge in [0.15, 0.2) is 11.6 Å². The third-order valence-corrected chi connectivity index (χ3v) is 9.07. The molecule has 0 spiro atoms. The van der Waals surface area contributed by atoms with Crippen molar-refractivity contribution in [2.24, 2.45) is 5.92 Å². The number of carbonyl (C=O) groups is 4. The Morgan fingerprint density at radius 3 is 2.04 bits per heavy atom. The van der Waals surface area contributed by atoms with Gasteiger partial charge in [0.2, 0.25) is 0 Å². The summed E-state index contributed by atoms with van der Waals surface area (Å²) in [6, 6.07) is 11.3. The molecule has 2 amide bonds. The van der Waals surface area contributed by atoms with E-state index in [9.17, 15) is 32.3 Å². The van der Waals surface area contributed by atoms with Crippen LogP contribution in [0.15, 0.2) is 54.6 Å². The van der Waals surface area contributed by atoms with Gasteiger partial charge in [0.05, 0.1) is 46.6 Å². The molecule has 0 aliphatic heterocycles. The second-order valence-electron chi connectivity index (χ2n) is 13.6. The number of rotatable bonds is 14. The van der Waals surface area contributed by atoms with Gasteiger partial charge in [0, 0.05) is 17.0 Å². The Morgan fingerprint density at radius 2 is 1.44 bits per heavy atom. The lowest BCUT2D eigenvalue weighted by Crippen LogP contribution is -2.38. The molecule has 0 unspecified atom stereocenters.